The number of nitrogens with zero attached hydrogens (tertiary/aromatic N) is 2. The maximum Gasteiger partial charge on any atom is 0.130 e. The van der Waals surface area contributed by atoms with Crippen molar-refractivity contribution in [2.75, 3.05) is 5.32 Å². The first-order valence-electron chi connectivity index (χ1n) is 6.74. The lowest BCUT2D eigenvalue weighted by molar-refractivity contribution is 0.302. The third kappa shape index (κ3) is 5.03. The summed E-state index contributed by atoms with van der Waals surface area (Å²) >= 11 is 0. The maximum atomic E-state index is 4.47. The second-order valence-corrected chi connectivity index (χ2v) is 6.89. The second kappa shape index (κ2) is 5.25. The minimum absolute atomic E-state index is 0.0318. The summed E-state index contributed by atoms with van der Waals surface area (Å²) in [6.45, 7) is 15.3. The average Bonchev–Trinajstić information content (AvgIpc) is 2.11. The first-order chi connectivity index (χ1) is 8.11. The molecule has 0 saturated carbocycles. The van der Waals surface area contributed by atoms with Crippen molar-refractivity contribution in [1.82, 2.24) is 9.97 Å². The van der Waals surface area contributed by atoms with Gasteiger partial charge in [0, 0.05) is 17.3 Å². The van der Waals surface area contributed by atoms with Crippen LogP contribution in [0.1, 0.15) is 59.5 Å². The predicted octanol–water partition coefficient (Wildman–Crippen LogP) is 3.97. The molecule has 1 N–H and O–H groups in total. The summed E-state index contributed by atoms with van der Waals surface area (Å²) in [4.78, 5) is 8.88. The van der Waals surface area contributed by atoms with E-state index in [1.807, 2.05) is 6.92 Å². The minimum atomic E-state index is 0.0318. The topological polar surface area (TPSA) is 37.8 Å². The molecule has 0 spiro atoms. The van der Waals surface area contributed by atoms with Gasteiger partial charge in [0.2, 0.25) is 0 Å². The average molecular weight is 249 g/mol. The lowest BCUT2D eigenvalue weighted by Gasteiger charge is -2.33. The van der Waals surface area contributed by atoms with E-state index in [2.05, 4.69) is 62.9 Å². The molecule has 18 heavy (non-hydrogen) atoms. The Morgan fingerprint density at radius 3 is 2.22 bits per heavy atom. The monoisotopic (exact) mass is 249 g/mol. The molecule has 0 aromatic carbocycles. The standard InChI is InChI=1S/C15H27N3/c1-8-12-9-13(17-11(2)16-12)18-15(6,7)10-14(3,4)5/h9H,8,10H2,1-7H3,(H,16,17,18). The SMILES string of the molecule is CCc1cc(NC(C)(C)CC(C)(C)C)nc(C)n1. The molecule has 0 atom stereocenters. The van der Waals surface area contributed by atoms with E-state index in [9.17, 15) is 0 Å². The number of rotatable bonds is 4. The summed E-state index contributed by atoms with van der Waals surface area (Å²) in [6, 6.07) is 2.05. The van der Waals surface area contributed by atoms with E-state index in [1.54, 1.807) is 0 Å². The van der Waals surface area contributed by atoms with Crippen LogP contribution >= 0.6 is 0 Å². The number of anilines is 1. The van der Waals surface area contributed by atoms with E-state index < -0.39 is 0 Å². The van der Waals surface area contributed by atoms with Crippen molar-refractivity contribution in [3.8, 4) is 0 Å². The summed E-state index contributed by atoms with van der Waals surface area (Å²) < 4.78 is 0. The predicted molar refractivity (Wildman–Crippen MR) is 77.9 cm³/mol. The van der Waals surface area contributed by atoms with Crippen molar-refractivity contribution in [1.29, 1.82) is 0 Å². The van der Waals surface area contributed by atoms with E-state index in [-0.39, 0.29) is 5.54 Å². The lowest BCUT2D eigenvalue weighted by Crippen LogP contribution is -2.35. The molecule has 0 amide bonds. The Hall–Kier alpha value is -1.12. The Kier molecular flexibility index (Phi) is 4.36. The van der Waals surface area contributed by atoms with Crippen LogP contribution in [0.4, 0.5) is 5.82 Å². The van der Waals surface area contributed by atoms with Gasteiger partial charge in [-0.1, -0.05) is 27.7 Å². The molecule has 1 aromatic rings. The highest BCUT2D eigenvalue weighted by Gasteiger charge is 2.25. The second-order valence-electron chi connectivity index (χ2n) is 6.89. The van der Waals surface area contributed by atoms with E-state index >= 15 is 0 Å². The van der Waals surface area contributed by atoms with Crippen LogP contribution in [-0.2, 0) is 6.42 Å². The highest BCUT2D eigenvalue weighted by molar-refractivity contribution is 5.38. The molecule has 0 aliphatic carbocycles. The van der Waals surface area contributed by atoms with Crippen LogP contribution in [0.2, 0.25) is 0 Å². The molecule has 0 unspecified atom stereocenters. The fourth-order valence-electron chi connectivity index (χ4n) is 2.59. The Balaban J connectivity index is 2.86. The van der Waals surface area contributed by atoms with Crippen LogP contribution < -0.4 is 5.32 Å². The quantitative estimate of drug-likeness (QED) is 0.877. The fourth-order valence-corrected chi connectivity index (χ4v) is 2.59. The Morgan fingerprint density at radius 2 is 1.72 bits per heavy atom. The van der Waals surface area contributed by atoms with E-state index in [0.717, 1.165) is 30.2 Å². The molecular weight excluding hydrogens is 222 g/mol. The zero-order valence-electron chi connectivity index (χ0n) is 12.9. The van der Waals surface area contributed by atoms with Crippen molar-refractivity contribution >= 4 is 5.82 Å². The summed E-state index contributed by atoms with van der Waals surface area (Å²) in [5.74, 6) is 1.78. The number of aryl methyl sites for hydroxylation is 2. The van der Waals surface area contributed by atoms with Crippen molar-refractivity contribution in [2.45, 2.75) is 66.8 Å². The van der Waals surface area contributed by atoms with Gasteiger partial charge in [0.05, 0.1) is 0 Å². The molecule has 0 aliphatic heterocycles. The molecule has 1 aromatic heterocycles. The van der Waals surface area contributed by atoms with Crippen molar-refractivity contribution in [2.24, 2.45) is 5.41 Å². The van der Waals surface area contributed by atoms with Gasteiger partial charge >= 0.3 is 0 Å². The molecule has 0 fully saturated rings. The van der Waals surface area contributed by atoms with Gasteiger partial charge < -0.3 is 5.32 Å². The third-order valence-electron chi connectivity index (χ3n) is 2.69. The minimum Gasteiger partial charge on any atom is -0.365 e. The summed E-state index contributed by atoms with van der Waals surface area (Å²) in [5.41, 5.74) is 1.42. The van der Waals surface area contributed by atoms with Crippen LogP contribution in [-0.4, -0.2) is 15.5 Å². The zero-order valence-corrected chi connectivity index (χ0v) is 12.9. The molecule has 1 heterocycles. The molecule has 0 aliphatic rings. The Bertz CT molecular complexity index is 403. The van der Waals surface area contributed by atoms with E-state index in [4.69, 9.17) is 0 Å². The molecule has 0 saturated heterocycles. The molecule has 3 nitrogen and oxygen atoms in total. The Labute approximate surface area is 111 Å². The largest absolute Gasteiger partial charge is 0.365 e. The van der Waals surface area contributed by atoms with Gasteiger partial charge in [0.15, 0.2) is 0 Å². The molecule has 0 radical (unpaired) electrons. The number of hydrogen-bond donors (Lipinski definition) is 1. The van der Waals surface area contributed by atoms with Crippen molar-refractivity contribution in [3.05, 3.63) is 17.6 Å². The number of hydrogen-bond acceptors (Lipinski definition) is 3. The van der Waals surface area contributed by atoms with E-state index in [1.165, 1.54) is 0 Å². The maximum absolute atomic E-state index is 4.47. The van der Waals surface area contributed by atoms with Gasteiger partial charge in [-0.2, -0.15) is 0 Å². The van der Waals surface area contributed by atoms with Crippen LogP contribution in [0.25, 0.3) is 0 Å². The van der Waals surface area contributed by atoms with Crippen molar-refractivity contribution < 1.29 is 0 Å². The molecular formula is C15H27N3. The van der Waals surface area contributed by atoms with Crippen LogP contribution in [0.3, 0.4) is 0 Å². The number of aromatic nitrogens is 2. The van der Waals surface area contributed by atoms with Gasteiger partial charge in [0.25, 0.3) is 0 Å². The van der Waals surface area contributed by atoms with Crippen LogP contribution in [0.15, 0.2) is 6.07 Å². The molecule has 3 heteroatoms. The highest BCUT2D eigenvalue weighted by atomic mass is 15.1. The van der Waals surface area contributed by atoms with Crippen molar-refractivity contribution in [3.63, 3.8) is 0 Å². The van der Waals surface area contributed by atoms with Gasteiger partial charge in [-0.05, 0) is 39.0 Å². The first-order valence-corrected chi connectivity index (χ1v) is 6.74. The van der Waals surface area contributed by atoms with Crippen LogP contribution in [0, 0.1) is 12.3 Å². The summed E-state index contributed by atoms with van der Waals surface area (Å²) in [5, 5.41) is 3.54. The van der Waals surface area contributed by atoms with Gasteiger partial charge in [0.1, 0.15) is 11.6 Å². The zero-order chi connectivity index (χ0) is 14.0. The smallest absolute Gasteiger partial charge is 0.130 e. The molecule has 102 valence electrons. The van der Waals surface area contributed by atoms with E-state index in [0.29, 0.717) is 5.41 Å². The molecule has 0 bridgehead atoms. The van der Waals surface area contributed by atoms with Crippen LogP contribution in [0.5, 0.6) is 0 Å². The van der Waals surface area contributed by atoms with Gasteiger partial charge in [-0.25, -0.2) is 9.97 Å². The third-order valence-corrected chi connectivity index (χ3v) is 2.69. The lowest BCUT2D eigenvalue weighted by atomic mass is 9.82. The normalized spacial score (nSPS) is 12.6. The number of nitrogens with one attached hydrogen (secondary N) is 1. The first kappa shape index (κ1) is 14.9. The van der Waals surface area contributed by atoms with Gasteiger partial charge in [-0.15, -0.1) is 0 Å². The highest BCUT2D eigenvalue weighted by Crippen LogP contribution is 2.29. The summed E-state index contributed by atoms with van der Waals surface area (Å²) in [7, 11) is 0. The molecule has 1 rings (SSSR count). The van der Waals surface area contributed by atoms with Gasteiger partial charge in [-0.3, -0.25) is 0 Å². The summed E-state index contributed by atoms with van der Waals surface area (Å²) in [6.07, 6.45) is 2.03. The fraction of sp³-hybridized carbons (Fsp3) is 0.733. The Morgan fingerprint density at radius 1 is 1.11 bits per heavy atom.